The van der Waals surface area contributed by atoms with Crippen LogP contribution in [-0.4, -0.2) is 21.4 Å². The monoisotopic (exact) mass is 229 g/mol. The van der Waals surface area contributed by atoms with Crippen molar-refractivity contribution in [3.05, 3.63) is 28.7 Å². The number of ether oxygens (including phenoxy) is 1. The van der Waals surface area contributed by atoms with Crippen molar-refractivity contribution in [2.75, 3.05) is 5.43 Å². The van der Waals surface area contributed by atoms with Crippen molar-refractivity contribution < 1.29 is 13.9 Å². The largest absolute Gasteiger partial charge is 0.443 e. The molecule has 88 valence electrons. The van der Waals surface area contributed by atoms with Crippen LogP contribution in [0.4, 0.5) is 9.18 Å². The van der Waals surface area contributed by atoms with Crippen LogP contribution in [-0.2, 0) is 4.74 Å². The third-order valence-electron chi connectivity index (χ3n) is 1.40. The minimum absolute atomic E-state index is 0.614. The predicted octanol–water partition coefficient (Wildman–Crippen LogP) is 0.861. The van der Waals surface area contributed by atoms with Crippen LogP contribution in [0.1, 0.15) is 20.8 Å². The highest BCUT2D eigenvalue weighted by atomic mass is 19.1. The fourth-order valence-electron chi connectivity index (χ4n) is 0.867. The van der Waals surface area contributed by atoms with E-state index >= 15 is 0 Å². The van der Waals surface area contributed by atoms with E-state index in [1.165, 1.54) is 0 Å². The van der Waals surface area contributed by atoms with Gasteiger partial charge in [-0.05, 0) is 20.8 Å². The van der Waals surface area contributed by atoms with Gasteiger partial charge in [-0.15, -0.1) is 0 Å². The molecule has 7 heteroatoms. The molecule has 0 radical (unpaired) electrons. The zero-order chi connectivity index (χ0) is 12.3. The number of halogens is 1. The Labute approximate surface area is 91.0 Å². The zero-order valence-corrected chi connectivity index (χ0v) is 9.15. The maximum absolute atomic E-state index is 12.8. The van der Waals surface area contributed by atoms with Gasteiger partial charge in [0, 0.05) is 0 Å². The molecule has 0 bridgehead atoms. The van der Waals surface area contributed by atoms with Crippen molar-refractivity contribution >= 4 is 6.09 Å². The minimum atomic E-state index is -1.06. The molecule has 0 unspecified atom stereocenters. The second-order valence-electron chi connectivity index (χ2n) is 4.03. The Morgan fingerprint density at radius 3 is 2.75 bits per heavy atom. The first-order valence-corrected chi connectivity index (χ1v) is 4.52. The fourth-order valence-corrected chi connectivity index (χ4v) is 0.867. The van der Waals surface area contributed by atoms with Gasteiger partial charge >= 0.3 is 11.7 Å². The first-order chi connectivity index (χ1) is 7.29. The average molecular weight is 229 g/mol. The normalized spacial score (nSPS) is 11.0. The van der Waals surface area contributed by atoms with Crippen LogP contribution in [0.2, 0.25) is 0 Å². The topological polar surface area (TPSA) is 73.2 Å². The number of nitrogens with zero attached hydrogens (tertiary/aromatic N) is 2. The lowest BCUT2D eigenvalue weighted by Gasteiger charge is -2.19. The van der Waals surface area contributed by atoms with Crippen LogP contribution in [0.25, 0.3) is 0 Å². The van der Waals surface area contributed by atoms with E-state index in [9.17, 15) is 14.0 Å². The van der Waals surface area contributed by atoms with Crippen molar-refractivity contribution in [1.82, 2.24) is 9.66 Å². The highest BCUT2D eigenvalue weighted by molar-refractivity contribution is 5.76. The molecule has 1 N–H and O–H groups in total. The first kappa shape index (κ1) is 12.2. The lowest BCUT2D eigenvalue weighted by molar-refractivity contribution is 0.0611. The quantitative estimate of drug-likeness (QED) is 0.775. The molecule has 0 aliphatic heterocycles. The average Bonchev–Trinajstić information content (AvgIpc) is 2.09. The summed E-state index contributed by atoms with van der Waals surface area (Å²) in [6, 6.07) is 0. The molecule has 16 heavy (non-hydrogen) atoms. The fraction of sp³-hybridized carbons (Fsp3) is 0.444. The van der Waals surface area contributed by atoms with Gasteiger partial charge in [-0.1, -0.05) is 0 Å². The van der Waals surface area contributed by atoms with Gasteiger partial charge in [0.2, 0.25) is 5.82 Å². The molecule has 0 saturated carbocycles. The summed E-state index contributed by atoms with van der Waals surface area (Å²) in [7, 11) is 0. The van der Waals surface area contributed by atoms with Gasteiger partial charge in [-0.3, -0.25) is 4.79 Å². The van der Waals surface area contributed by atoms with Gasteiger partial charge in [0.05, 0.1) is 6.20 Å². The lowest BCUT2D eigenvalue weighted by atomic mass is 10.2. The lowest BCUT2D eigenvalue weighted by Crippen LogP contribution is -2.37. The molecule has 1 aromatic heterocycles. The van der Waals surface area contributed by atoms with Crippen molar-refractivity contribution in [3.63, 3.8) is 0 Å². The van der Waals surface area contributed by atoms with Crippen LogP contribution in [0.3, 0.4) is 0 Å². The summed E-state index contributed by atoms with van der Waals surface area (Å²) in [6.45, 7) is 5.00. The third-order valence-corrected chi connectivity index (χ3v) is 1.40. The van der Waals surface area contributed by atoms with Gasteiger partial charge in [-0.2, -0.15) is 4.39 Å². The number of carbonyl (C=O) groups excluding carboxylic acids is 1. The third kappa shape index (κ3) is 3.34. The van der Waals surface area contributed by atoms with Gasteiger partial charge in [0.15, 0.2) is 0 Å². The standard InChI is InChI=1S/C9H12FN3O3/c1-9(2,3)16-8(15)12-13-5-11-4-6(10)7(13)14/h4-5H,1-3H3,(H,12,15). The first-order valence-electron chi connectivity index (χ1n) is 4.52. The van der Waals surface area contributed by atoms with E-state index in [2.05, 4.69) is 4.98 Å². The zero-order valence-electron chi connectivity index (χ0n) is 9.15. The number of carbonyl (C=O) groups is 1. The second-order valence-corrected chi connectivity index (χ2v) is 4.03. The Kier molecular flexibility index (Phi) is 3.26. The number of hydrogen-bond donors (Lipinski definition) is 1. The van der Waals surface area contributed by atoms with Gasteiger partial charge in [-0.25, -0.2) is 19.9 Å². The molecule has 1 heterocycles. The number of aromatic nitrogens is 2. The Morgan fingerprint density at radius 1 is 1.56 bits per heavy atom. The summed E-state index contributed by atoms with van der Waals surface area (Å²) < 4.78 is 18.3. The molecule has 6 nitrogen and oxygen atoms in total. The van der Waals surface area contributed by atoms with E-state index in [0.717, 1.165) is 12.5 Å². The molecule has 0 aliphatic rings. The van der Waals surface area contributed by atoms with Crippen LogP contribution < -0.4 is 11.0 Å². The van der Waals surface area contributed by atoms with Crippen molar-refractivity contribution in [2.45, 2.75) is 26.4 Å². The van der Waals surface area contributed by atoms with Crippen LogP contribution in [0.15, 0.2) is 17.3 Å². The molecule has 1 aromatic rings. The molecule has 0 aliphatic carbocycles. The Morgan fingerprint density at radius 2 is 2.19 bits per heavy atom. The maximum Gasteiger partial charge on any atom is 0.427 e. The summed E-state index contributed by atoms with van der Waals surface area (Å²) in [5, 5.41) is 0. The number of amides is 1. The van der Waals surface area contributed by atoms with E-state index in [1.807, 2.05) is 5.43 Å². The summed E-state index contributed by atoms with van der Waals surface area (Å²) in [5.74, 6) is -1.06. The molecule has 0 atom stereocenters. The van der Waals surface area contributed by atoms with Gasteiger partial charge in [0.25, 0.3) is 0 Å². The van der Waals surface area contributed by atoms with Crippen molar-refractivity contribution in [2.24, 2.45) is 0 Å². The van der Waals surface area contributed by atoms with E-state index in [1.54, 1.807) is 20.8 Å². The highest BCUT2D eigenvalue weighted by Crippen LogP contribution is 2.06. The van der Waals surface area contributed by atoms with E-state index < -0.39 is 23.1 Å². The number of hydrogen-bond acceptors (Lipinski definition) is 4. The Balaban J connectivity index is 2.78. The van der Waals surface area contributed by atoms with Crippen molar-refractivity contribution in [1.29, 1.82) is 0 Å². The Bertz CT molecular complexity index is 450. The molecule has 1 amide bonds. The van der Waals surface area contributed by atoms with Crippen LogP contribution >= 0.6 is 0 Å². The van der Waals surface area contributed by atoms with Gasteiger partial charge < -0.3 is 4.74 Å². The maximum atomic E-state index is 12.8. The van der Waals surface area contributed by atoms with Crippen LogP contribution in [0, 0.1) is 5.82 Å². The van der Waals surface area contributed by atoms with E-state index in [-0.39, 0.29) is 0 Å². The summed E-state index contributed by atoms with van der Waals surface area (Å²) in [4.78, 5) is 25.8. The van der Waals surface area contributed by atoms with Crippen molar-refractivity contribution in [3.8, 4) is 0 Å². The van der Waals surface area contributed by atoms with Crippen LogP contribution in [0.5, 0.6) is 0 Å². The van der Waals surface area contributed by atoms with Gasteiger partial charge in [0.1, 0.15) is 11.9 Å². The smallest absolute Gasteiger partial charge is 0.427 e. The van der Waals surface area contributed by atoms with E-state index in [0.29, 0.717) is 4.68 Å². The molecule has 0 saturated heterocycles. The summed E-state index contributed by atoms with van der Waals surface area (Å²) in [5.41, 5.74) is 0.349. The second kappa shape index (κ2) is 4.30. The predicted molar refractivity (Wildman–Crippen MR) is 54.0 cm³/mol. The number of rotatable bonds is 1. The number of nitrogens with one attached hydrogen (secondary N) is 1. The highest BCUT2D eigenvalue weighted by Gasteiger charge is 2.16. The Hall–Kier alpha value is -1.92. The molecular formula is C9H12FN3O3. The molecular weight excluding hydrogens is 217 g/mol. The van der Waals surface area contributed by atoms with E-state index in [4.69, 9.17) is 4.74 Å². The molecule has 0 spiro atoms. The summed E-state index contributed by atoms with van der Waals surface area (Å²) >= 11 is 0. The molecule has 0 fully saturated rings. The molecule has 1 rings (SSSR count). The molecule has 0 aromatic carbocycles. The minimum Gasteiger partial charge on any atom is -0.443 e. The SMILES string of the molecule is CC(C)(C)OC(=O)Nn1cncc(F)c1=O. The summed E-state index contributed by atoms with van der Waals surface area (Å²) in [6.07, 6.45) is 0.882.